The first-order valence-corrected chi connectivity index (χ1v) is 5.19. The van der Waals surface area contributed by atoms with Gasteiger partial charge in [0.15, 0.2) is 0 Å². The molecule has 0 radical (unpaired) electrons. The monoisotopic (exact) mass is 228 g/mol. The van der Waals surface area contributed by atoms with Crippen molar-refractivity contribution in [2.24, 2.45) is 0 Å². The number of aromatic hydroxyl groups is 1. The van der Waals surface area contributed by atoms with E-state index < -0.39 is 0 Å². The van der Waals surface area contributed by atoms with Gasteiger partial charge in [-0.25, -0.2) is 0 Å². The third-order valence-corrected chi connectivity index (χ3v) is 2.32. The van der Waals surface area contributed by atoms with Crippen molar-refractivity contribution < 1.29 is 9.90 Å². The van der Waals surface area contributed by atoms with Crippen LogP contribution in [0.5, 0.6) is 5.75 Å². The fourth-order valence-corrected chi connectivity index (χ4v) is 1.41. The molecule has 0 saturated carbocycles. The molecule has 0 atom stereocenters. The van der Waals surface area contributed by atoms with E-state index in [4.69, 9.17) is 0 Å². The lowest BCUT2D eigenvalue weighted by molar-refractivity contribution is 0.102. The topological polar surface area (TPSA) is 62.2 Å². The Morgan fingerprint density at radius 2 is 2.00 bits per heavy atom. The van der Waals surface area contributed by atoms with Crippen LogP contribution in [-0.4, -0.2) is 16.0 Å². The number of hydrogen-bond donors (Lipinski definition) is 2. The van der Waals surface area contributed by atoms with Crippen LogP contribution in [0.25, 0.3) is 0 Å². The molecule has 4 heteroatoms. The molecular formula is C13H12N2O2. The second-order valence-electron chi connectivity index (χ2n) is 3.66. The summed E-state index contributed by atoms with van der Waals surface area (Å²) in [5, 5.41) is 12.2. The Labute approximate surface area is 98.9 Å². The Balaban J connectivity index is 2.17. The summed E-state index contributed by atoms with van der Waals surface area (Å²) in [6.45, 7) is 1.87. The van der Waals surface area contributed by atoms with Crippen molar-refractivity contribution in [3.63, 3.8) is 0 Å². The third kappa shape index (κ3) is 2.60. The number of para-hydroxylation sites is 1. The summed E-state index contributed by atoms with van der Waals surface area (Å²) in [5.74, 6) is -0.390. The first kappa shape index (κ1) is 11.1. The number of pyridine rings is 1. The smallest absolute Gasteiger partial charge is 0.259 e. The molecule has 2 rings (SSSR count). The summed E-state index contributed by atoms with van der Waals surface area (Å²) in [6, 6.07) is 9.97. The fraction of sp³-hybridized carbons (Fsp3) is 0.0769. The molecule has 2 N–H and O–H groups in total. The molecule has 86 valence electrons. The van der Waals surface area contributed by atoms with Crippen LogP contribution in [0.1, 0.15) is 16.1 Å². The molecule has 0 unspecified atom stereocenters. The van der Waals surface area contributed by atoms with Crippen LogP contribution < -0.4 is 5.32 Å². The molecule has 4 nitrogen and oxygen atoms in total. The van der Waals surface area contributed by atoms with E-state index in [-0.39, 0.29) is 17.2 Å². The normalized spacial score (nSPS) is 9.94. The highest BCUT2D eigenvalue weighted by Gasteiger charge is 2.10. The number of aryl methyl sites for hydroxylation is 1. The number of hydrogen-bond acceptors (Lipinski definition) is 3. The van der Waals surface area contributed by atoms with E-state index in [0.29, 0.717) is 5.69 Å². The van der Waals surface area contributed by atoms with Crippen molar-refractivity contribution in [3.05, 3.63) is 53.9 Å². The van der Waals surface area contributed by atoms with Gasteiger partial charge in [-0.2, -0.15) is 0 Å². The first-order valence-electron chi connectivity index (χ1n) is 5.19. The van der Waals surface area contributed by atoms with Crippen LogP contribution in [0.15, 0.2) is 42.6 Å². The lowest BCUT2D eigenvalue weighted by atomic mass is 10.2. The zero-order valence-electron chi connectivity index (χ0n) is 9.34. The summed E-state index contributed by atoms with van der Waals surface area (Å²) < 4.78 is 0. The van der Waals surface area contributed by atoms with E-state index in [2.05, 4.69) is 10.3 Å². The van der Waals surface area contributed by atoms with E-state index in [1.807, 2.05) is 6.92 Å². The number of aromatic nitrogens is 1. The molecule has 0 fully saturated rings. The molecule has 17 heavy (non-hydrogen) atoms. The van der Waals surface area contributed by atoms with Crippen LogP contribution in [0.2, 0.25) is 0 Å². The summed E-state index contributed by atoms with van der Waals surface area (Å²) in [5.41, 5.74) is 1.72. The number of rotatable bonds is 2. The van der Waals surface area contributed by atoms with Gasteiger partial charge in [-0.3, -0.25) is 9.78 Å². The van der Waals surface area contributed by atoms with Crippen molar-refractivity contribution in [1.29, 1.82) is 0 Å². The molecule has 0 spiro atoms. The highest BCUT2D eigenvalue weighted by molar-refractivity contribution is 6.05. The summed E-state index contributed by atoms with van der Waals surface area (Å²) in [6.07, 6.45) is 1.58. The van der Waals surface area contributed by atoms with Crippen LogP contribution in [0.3, 0.4) is 0 Å². The van der Waals surface area contributed by atoms with Gasteiger partial charge in [0.1, 0.15) is 5.75 Å². The number of carbonyl (C=O) groups excluding carboxylic acids is 1. The summed E-state index contributed by atoms with van der Waals surface area (Å²) in [4.78, 5) is 15.9. The summed E-state index contributed by atoms with van der Waals surface area (Å²) in [7, 11) is 0. The van der Waals surface area contributed by atoms with Gasteiger partial charge in [-0.1, -0.05) is 12.1 Å². The van der Waals surface area contributed by atoms with E-state index >= 15 is 0 Å². The van der Waals surface area contributed by atoms with Gasteiger partial charge in [0.2, 0.25) is 0 Å². The minimum atomic E-state index is -0.353. The van der Waals surface area contributed by atoms with E-state index in [1.165, 1.54) is 6.07 Å². The number of phenols is 1. The fourth-order valence-electron chi connectivity index (χ4n) is 1.41. The average molecular weight is 228 g/mol. The van der Waals surface area contributed by atoms with Crippen molar-refractivity contribution in [1.82, 2.24) is 4.98 Å². The van der Waals surface area contributed by atoms with Crippen LogP contribution in [0.4, 0.5) is 5.69 Å². The zero-order valence-corrected chi connectivity index (χ0v) is 9.34. The number of amides is 1. The van der Waals surface area contributed by atoms with E-state index in [1.54, 1.807) is 36.5 Å². The van der Waals surface area contributed by atoms with Crippen molar-refractivity contribution in [2.45, 2.75) is 6.92 Å². The van der Waals surface area contributed by atoms with Crippen LogP contribution in [0, 0.1) is 6.92 Å². The molecule has 1 aromatic carbocycles. The highest BCUT2D eigenvalue weighted by atomic mass is 16.3. The number of phenolic OH excluding ortho intramolecular Hbond substituents is 1. The van der Waals surface area contributed by atoms with Crippen LogP contribution >= 0.6 is 0 Å². The molecular weight excluding hydrogens is 216 g/mol. The highest BCUT2D eigenvalue weighted by Crippen LogP contribution is 2.17. The van der Waals surface area contributed by atoms with Gasteiger partial charge in [-0.05, 0) is 31.2 Å². The molecule has 1 heterocycles. The summed E-state index contributed by atoms with van der Waals surface area (Å²) >= 11 is 0. The zero-order chi connectivity index (χ0) is 12.3. The maximum atomic E-state index is 11.8. The van der Waals surface area contributed by atoms with E-state index in [9.17, 15) is 9.90 Å². The van der Waals surface area contributed by atoms with Crippen LogP contribution in [-0.2, 0) is 0 Å². The van der Waals surface area contributed by atoms with Crippen molar-refractivity contribution in [3.8, 4) is 5.75 Å². The Bertz CT molecular complexity index is 535. The average Bonchev–Trinajstić information content (AvgIpc) is 2.32. The Kier molecular flexibility index (Phi) is 3.05. The largest absolute Gasteiger partial charge is 0.507 e. The Morgan fingerprint density at radius 1 is 1.24 bits per heavy atom. The molecule has 2 aromatic rings. The molecule has 0 aliphatic rings. The number of nitrogens with zero attached hydrogens (tertiary/aromatic N) is 1. The minimum Gasteiger partial charge on any atom is -0.507 e. The van der Waals surface area contributed by atoms with Crippen molar-refractivity contribution in [2.75, 3.05) is 5.32 Å². The predicted molar refractivity (Wildman–Crippen MR) is 65.0 cm³/mol. The lowest BCUT2D eigenvalue weighted by Gasteiger charge is -2.06. The number of carbonyl (C=O) groups is 1. The molecule has 0 bridgehead atoms. The quantitative estimate of drug-likeness (QED) is 0.829. The number of anilines is 1. The minimum absolute atomic E-state index is 0.0370. The molecule has 0 saturated heterocycles. The molecule has 0 aliphatic heterocycles. The number of benzene rings is 1. The van der Waals surface area contributed by atoms with Gasteiger partial charge in [-0.15, -0.1) is 0 Å². The maximum absolute atomic E-state index is 11.8. The molecule has 1 aromatic heterocycles. The molecule has 1 amide bonds. The Hall–Kier alpha value is -2.36. The second kappa shape index (κ2) is 4.65. The Morgan fingerprint density at radius 3 is 2.65 bits per heavy atom. The third-order valence-electron chi connectivity index (χ3n) is 2.32. The number of nitrogens with one attached hydrogen (secondary N) is 1. The first-order chi connectivity index (χ1) is 8.16. The SMILES string of the molecule is Cc1ccc(NC(=O)c2ccccc2O)cn1. The van der Waals surface area contributed by atoms with Gasteiger partial charge < -0.3 is 10.4 Å². The standard InChI is InChI=1S/C13H12N2O2/c1-9-6-7-10(8-14-9)15-13(17)11-4-2-3-5-12(11)16/h2-8,16H,1H3,(H,15,17). The second-order valence-corrected chi connectivity index (χ2v) is 3.66. The maximum Gasteiger partial charge on any atom is 0.259 e. The van der Waals surface area contributed by atoms with Crippen molar-refractivity contribution >= 4 is 11.6 Å². The predicted octanol–water partition coefficient (Wildman–Crippen LogP) is 2.35. The van der Waals surface area contributed by atoms with E-state index in [0.717, 1.165) is 5.69 Å². The van der Waals surface area contributed by atoms with Gasteiger partial charge in [0, 0.05) is 5.69 Å². The van der Waals surface area contributed by atoms with Gasteiger partial charge in [0.25, 0.3) is 5.91 Å². The van der Waals surface area contributed by atoms with Gasteiger partial charge in [0.05, 0.1) is 17.4 Å². The lowest BCUT2D eigenvalue weighted by Crippen LogP contribution is -2.12. The molecule has 0 aliphatic carbocycles. The van der Waals surface area contributed by atoms with Gasteiger partial charge >= 0.3 is 0 Å².